The first kappa shape index (κ1) is 19.7. The van der Waals surface area contributed by atoms with Gasteiger partial charge in [0.15, 0.2) is 11.5 Å². The minimum atomic E-state index is -0.128. The molecule has 0 atom stereocenters. The zero-order valence-electron chi connectivity index (χ0n) is 17.0. The first-order chi connectivity index (χ1) is 14.6. The number of rotatable bonds is 8. The summed E-state index contributed by atoms with van der Waals surface area (Å²) in [7, 11) is 0. The molecule has 0 bridgehead atoms. The first-order valence-corrected chi connectivity index (χ1v) is 9.84. The number of anilines is 1. The second-order valence-corrected chi connectivity index (χ2v) is 7.24. The van der Waals surface area contributed by atoms with E-state index in [1.54, 1.807) is 18.7 Å². The van der Waals surface area contributed by atoms with Crippen LogP contribution in [-0.2, 0) is 11.2 Å². The van der Waals surface area contributed by atoms with Gasteiger partial charge in [-0.25, -0.2) is 9.97 Å². The van der Waals surface area contributed by atoms with Gasteiger partial charge in [0.1, 0.15) is 12.1 Å². The second kappa shape index (κ2) is 8.81. The summed E-state index contributed by atoms with van der Waals surface area (Å²) in [5, 5.41) is 5.89. The monoisotopic (exact) mass is 408 g/mol. The van der Waals surface area contributed by atoms with E-state index < -0.39 is 0 Å². The molecule has 0 fully saturated rings. The van der Waals surface area contributed by atoms with Crippen LogP contribution in [0.25, 0.3) is 5.82 Å². The number of nitrogens with zero attached hydrogens (tertiary/aromatic N) is 4. The molecule has 156 valence electrons. The topological polar surface area (TPSA) is 103 Å². The summed E-state index contributed by atoms with van der Waals surface area (Å²) in [4.78, 5) is 25.2. The Labute approximate surface area is 174 Å². The van der Waals surface area contributed by atoms with E-state index in [-0.39, 0.29) is 25.2 Å². The molecule has 1 aliphatic heterocycles. The van der Waals surface area contributed by atoms with E-state index in [0.29, 0.717) is 18.9 Å². The summed E-state index contributed by atoms with van der Waals surface area (Å²) in [5.41, 5.74) is 2.08. The number of ether oxygens (including phenoxy) is 2. The Bertz CT molecular complexity index is 1020. The number of aromatic nitrogens is 4. The van der Waals surface area contributed by atoms with Crippen LogP contribution in [0, 0.1) is 0 Å². The lowest BCUT2D eigenvalue weighted by Gasteiger charge is -2.14. The average Bonchev–Trinajstić information content (AvgIpc) is 3.43. The van der Waals surface area contributed by atoms with Gasteiger partial charge in [-0.15, -0.1) is 0 Å². The molecule has 0 saturated heterocycles. The van der Waals surface area contributed by atoms with Crippen molar-refractivity contribution in [2.75, 3.05) is 25.2 Å². The van der Waals surface area contributed by atoms with Gasteiger partial charge in [-0.2, -0.15) is 4.98 Å². The summed E-state index contributed by atoms with van der Waals surface area (Å²) in [6.07, 6.45) is 7.72. The number of amides is 1. The van der Waals surface area contributed by atoms with E-state index in [1.807, 2.05) is 29.0 Å². The number of carbonyl (C=O) groups excluding carboxylic acids is 1. The molecule has 0 aliphatic carbocycles. The fourth-order valence-electron chi connectivity index (χ4n) is 3.13. The lowest BCUT2D eigenvalue weighted by molar-refractivity contribution is -0.119. The quantitative estimate of drug-likeness (QED) is 0.589. The Morgan fingerprint density at radius 1 is 1.27 bits per heavy atom. The normalized spacial score (nSPS) is 12.2. The highest BCUT2D eigenvalue weighted by atomic mass is 16.7. The van der Waals surface area contributed by atoms with E-state index in [4.69, 9.17) is 9.47 Å². The van der Waals surface area contributed by atoms with Gasteiger partial charge in [-0.05, 0) is 30.0 Å². The Balaban J connectivity index is 1.30. The minimum absolute atomic E-state index is 0.0888. The van der Waals surface area contributed by atoms with Crippen LogP contribution in [0.5, 0.6) is 11.5 Å². The zero-order valence-corrected chi connectivity index (χ0v) is 17.0. The third-order valence-electron chi connectivity index (χ3n) is 4.75. The Kier molecular flexibility index (Phi) is 5.78. The Hall–Kier alpha value is -3.62. The van der Waals surface area contributed by atoms with Gasteiger partial charge in [0.25, 0.3) is 0 Å². The number of fused-ring (bicyclic) bond motifs is 1. The smallest absolute Gasteiger partial charge is 0.239 e. The molecule has 4 rings (SSSR count). The summed E-state index contributed by atoms with van der Waals surface area (Å²) in [5.74, 6) is 2.78. The first-order valence-electron chi connectivity index (χ1n) is 9.84. The number of hydrogen-bond donors (Lipinski definition) is 2. The Morgan fingerprint density at radius 3 is 2.93 bits per heavy atom. The number of benzene rings is 1. The SMILES string of the molecule is CC(C)c1cnc(NCC(=O)NCCc2ccc3c(c2)OCO3)nc1-n1ccnc1. The molecule has 30 heavy (non-hydrogen) atoms. The molecule has 0 radical (unpaired) electrons. The van der Waals surface area contributed by atoms with Crippen molar-refractivity contribution in [3.8, 4) is 17.3 Å². The van der Waals surface area contributed by atoms with Gasteiger partial charge >= 0.3 is 0 Å². The average molecular weight is 408 g/mol. The molecular weight excluding hydrogens is 384 g/mol. The van der Waals surface area contributed by atoms with E-state index in [2.05, 4.69) is 39.4 Å². The molecule has 0 unspecified atom stereocenters. The fourth-order valence-corrected chi connectivity index (χ4v) is 3.13. The summed E-state index contributed by atoms with van der Waals surface area (Å²) in [6, 6.07) is 5.80. The molecule has 9 nitrogen and oxygen atoms in total. The van der Waals surface area contributed by atoms with Crippen molar-refractivity contribution in [2.45, 2.75) is 26.2 Å². The highest BCUT2D eigenvalue weighted by molar-refractivity contribution is 5.80. The number of carbonyl (C=O) groups is 1. The van der Waals surface area contributed by atoms with Crippen LogP contribution in [0.2, 0.25) is 0 Å². The fraction of sp³-hybridized carbons (Fsp3) is 0.333. The van der Waals surface area contributed by atoms with E-state index >= 15 is 0 Å². The van der Waals surface area contributed by atoms with Crippen LogP contribution in [0.1, 0.15) is 30.9 Å². The maximum absolute atomic E-state index is 12.2. The minimum Gasteiger partial charge on any atom is -0.454 e. The molecule has 0 spiro atoms. The maximum Gasteiger partial charge on any atom is 0.239 e. The lowest BCUT2D eigenvalue weighted by Crippen LogP contribution is -2.31. The van der Waals surface area contributed by atoms with Crippen LogP contribution in [0.3, 0.4) is 0 Å². The highest BCUT2D eigenvalue weighted by Gasteiger charge is 2.14. The third kappa shape index (κ3) is 4.51. The van der Waals surface area contributed by atoms with Gasteiger partial charge in [-0.3, -0.25) is 9.36 Å². The molecule has 3 aromatic rings. The van der Waals surface area contributed by atoms with Gasteiger partial charge in [0.2, 0.25) is 18.6 Å². The molecule has 2 aromatic heterocycles. The molecule has 3 heterocycles. The standard InChI is InChI=1S/C21H24N6O3/c1-14(2)16-10-24-21(26-20(16)27-8-7-22-12-27)25-11-19(28)23-6-5-15-3-4-17-18(9-15)30-13-29-17/h3-4,7-10,12,14H,5-6,11,13H2,1-2H3,(H,23,28)(H,24,25,26). The zero-order chi connectivity index (χ0) is 20.9. The van der Waals surface area contributed by atoms with Crippen LogP contribution in [0.4, 0.5) is 5.95 Å². The van der Waals surface area contributed by atoms with E-state index in [9.17, 15) is 4.79 Å². The lowest BCUT2D eigenvalue weighted by atomic mass is 10.1. The molecule has 9 heteroatoms. The van der Waals surface area contributed by atoms with Crippen LogP contribution >= 0.6 is 0 Å². The number of nitrogens with one attached hydrogen (secondary N) is 2. The van der Waals surface area contributed by atoms with E-state index in [0.717, 1.165) is 28.4 Å². The van der Waals surface area contributed by atoms with Crippen LogP contribution in [-0.4, -0.2) is 45.3 Å². The van der Waals surface area contributed by atoms with Crippen molar-refractivity contribution in [3.63, 3.8) is 0 Å². The molecule has 1 aromatic carbocycles. The van der Waals surface area contributed by atoms with Gasteiger partial charge in [0, 0.05) is 30.7 Å². The summed E-state index contributed by atoms with van der Waals surface area (Å²) >= 11 is 0. The number of hydrogen-bond acceptors (Lipinski definition) is 7. The molecular formula is C21H24N6O3. The molecule has 2 N–H and O–H groups in total. The second-order valence-electron chi connectivity index (χ2n) is 7.24. The molecule has 0 saturated carbocycles. The molecule has 1 amide bonds. The third-order valence-corrected chi connectivity index (χ3v) is 4.75. The maximum atomic E-state index is 12.2. The van der Waals surface area contributed by atoms with E-state index in [1.165, 1.54) is 0 Å². The van der Waals surface area contributed by atoms with Crippen molar-refractivity contribution in [1.82, 2.24) is 24.8 Å². The van der Waals surface area contributed by atoms with Crippen LogP contribution < -0.4 is 20.1 Å². The van der Waals surface area contributed by atoms with Crippen molar-refractivity contribution >= 4 is 11.9 Å². The summed E-state index contributed by atoms with van der Waals surface area (Å²) in [6.45, 7) is 5.03. The predicted molar refractivity (Wildman–Crippen MR) is 111 cm³/mol. The highest BCUT2D eigenvalue weighted by Crippen LogP contribution is 2.32. The number of imidazole rings is 1. The van der Waals surface area contributed by atoms with Gasteiger partial charge < -0.3 is 20.1 Å². The van der Waals surface area contributed by atoms with Crippen molar-refractivity contribution < 1.29 is 14.3 Å². The van der Waals surface area contributed by atoms with Gasteiger partial charge in [0.05, 0.1) is 6.54 Å². The van der Waals surface area contributed by atoms with Gasteiger partial charge in [-0.1, -0.05) is 19.9 Å². The molecule has 1 aliphatic rings. The van der Waals surface area contributed by atoms with Crippen molar-refractivity contribution in [3.05, 3.63) is 54.2 Å². The summed E-state index contributed by atoms with van der Waals surface area (Å²) < 4.78 is 12.5. The predicted octanol–water partition coefficient (Wildman–Crippen LogP) is 2.29. The van der Waals surface area contributed by atoms with Crippen molar-refractivity contribution in [1.29, 1.82) is 0 Å². The van der Waals surface area contributed by atoms with Crippen molar-refractivity contribution in [2.24, 2.45) is 0 Å². The largest absolute Gasteiger partial charge is 0.454 e. The Morgan fingerprint density at radius 2 is 2.13 bits per heavy atom. The van der Waals surface area contributed by atoms with Crippen LogP contribution in [0.15, 0.2) is 43.1 Å².